The highest BCUT2D eigenvalue weighted by Crippen LogP contribution is 2.09. The largest absolute Gasteiger partial charge is 0.387 e. The molecule has 0 spiro atoms. The van der Waals surface area contributed by atoms with Gasteiger partial charge in [-0.3, -0.25) is 19.6 Å². The van der Waals surface area contributed by atoms with Gasteiger partial charge in [-0.2, -0.15) is 0 Å². The number of hydrogen-bond donors (Lipinski definition) is 9. The first kappa shape index (κ1) is 37.4. The van der Waals surface area contributed by atoms with Crippen LogP contribution in [-0.2, 0) is 9.59 Å². The van der Waals surface area contributed by atoms with Crippen LogP contribution in [0.2, 0.25) is 0 Å². The summed E-state index contributed by atoms with van der Waals surface area (Å²) >= 11 is 0. The average Bonchev–Trinajstić information content (AvgIpc) is 2.88. The van der Waals surface area contributed by atoms with Gasteiger partial charge in [0, 0.05) is 31.5 Å². The summed E-state index contributed by atoms with van der Waals surface area (Å²) in [6.45, 7) is 14.7. The summed E-state index contributed by atoms with van der Waals surface area (Å²) in [4.78, 5) is 32.7. The van der Waals surface area contributed by atoms with E-state index in [4.69, 9.17) is 11.5 Å². The lowest BCUT2D eigenvalue weighted by Gasteiger charge is -2.28. The van der Waals surface area contributed by atoms with Crippen LogP contribution in [0.4, 0.5) is 0 Å². The van der Waals surface area contributed by atoms with Gasteiger partial charge < -0.3 is 47.8 Å². The van der Waals surface area contributed by atoms with Crippen LogP contribution in [0.1, 0.15) is 73.1 Å². The van der Waals surface area contributed by atoms with E-state index in [-0.39, 0.29) is 18.6 Å². The van der Waals surface area contributed by atoms with Crippen LogP contribution >= 0.6 is 0 Å². The van der Waals surface area contributed by atoms with Crippen LogP contribution in [0, 0.1) is 0 Å². The standard InChI is InChI=1S/C27H53N7O6/c1-7-27(5,6)34-25(40)23(38)21(36)20(35)22(37)24(39)32-15-14-30-18(28)12-10-8-9-11-13-19(29)31-16-17-33-26(2,3)4/h7,20-23,33,35-38H,1,8-17H2,2-6H3,(H2,28,30)(H2,29,31)(H,32,39)(H,34,40). The van der Waals surface area contributed by atoms with Crippen LogP contribution in [0.5, 0.6) is 0 Å². The van der Waals surface area contributed by atoms with E-state index >= 15 is 0 Å². The molecule has 13 heteroatoms. The highest BCUT2D eigenvalue weighted by molar-refractivity contribution is 5.84. The molecule has 0 radical (unpaired) electrons. The number of carbonyl (C=O) groups is 2. The Morgan fingerprint density at radius 3 is 1.70 bits per heavy atom. The summed E-state index contributed by atoms with van der Waals surface area (Å²) in [7, 11) is 0. The molecule has 40 heavy (non-hydrogen) atoms. The number of unbranched alkanes of at least 4 members (excludes halogenated alkanes) is 3. The number of carbonyl (C=O) groups excluding carboxylic acids is 2. The van der Waals surface area contributed by atoms with E-state index in [0.29, 0.717) is 24.6 Å². The first-order chi connectivity index (χ1) is 18.5. The second-order valence-electron chi connectivity index (χ2n) is 11.4. The van der Waals surface area contributed by atoms with Crippen molar-refractivity contribution in [2.75, 3.05) is 26.2 Å². The number of aliphatic hydroxyl groups excluding tert-OH is 4. The molecule has 0 saturated carbocycles. The molecule has 0 heterocycles. The first-order valence-electron chi connectivity index (χ1n) is 13.8. The number of aliphatic hydroxyl groups is 4. The second-order valence-corrected chi connectivity index (χ2v) is 11.4. The van der Waals surface area contributed by atoms with Gasteiger partial charge in [-0.25, -0.2) is 0 Å². The van der Waals surface area contributed by atoms with Gasteiger partial charge in [0.1, 0.15) is 12.2 Å². The molecular formula is C27H53N7O6. The topological polar surface area (TPSA) is 228 Å². The van der Waals surface area contributed by atoms with E-state index in [1.54, 1.807) is 13.8 Å². The Balaban J connectivity index is 4.21. The van der Waals surface area contributed by atoms with Crippen molar-refractivity contribution in [2.24, 2.45) is 21.5 Å². The molecule has 0 aliphatic heterocycles. The number of nitrogens with two attached hydrogens (primary N) is 2. The van der Waals surface area contributed by atoms with E-state index in [9.17, 15) is 30.0 Å². The lowest BCUT2D eigenvalue weighted by atomic mass is 10.00. The number of rotatable bonds is 20. The third-order valence-electron chi connectivity index (χ3n) is 5.91. The Labute approximate surface area is 238 Å². The van der Waals surface area contributed by atoms with Crippen molar-refractivity contribution in [3.05, 3.63) is 12.7 Å². The average molecular weight is 572 g/mol. The molecule has 0 aliphatic rings. The summed E-state index contributed by atoms with van der Waals surface area (Å²) in [6, 6.07) is 0. The molecule has 232 valence electrons. The van der Waals surface area contributed by atoms with Gasteiger partial charge in [-0.1, -0.05) is 18.9 Å². The molecule has 4 atom stereocenters. The fraction of sp³-hybridized carbons (Fsp3) is 0.778. The predicted molar refractivity (Wildman–Crippen MR) is 158 cm³/mol. The van der Waals surface area contributed by atoms with Crippen LogP contribution in [0.3, 0.4) is 0 Å². The zero-order valence-electron chi connectivity index (χ0n) is 24.8. The van der Waals surface area contributed by atoms with E-state index in [1.807, 2.05) is 0 Å². The molecular weight excluding hydrogens is 518 g/mol. The number of amides is 2. The quantitative estimate of drug-likeness (QED) is 0.0380. The maximum Gasteiger partial charge on any atom is 0.252 e. The van der Waals surface area contributed by atoms with Crippen molar-refractivity contribution in [3.8, 4) is 0 Å². The molecule has 11 N–H and O–H groups in total. The summed E-state index contributed by atoms with van der Waals surface area (Å²) in [5, 5.41) is 48.2. The first-order valence-corrected chi connectivity index (χ1v) is 13.8. The zero-order valence-corrected chi connectivity index (χ0v) is 24.8. The van der Waals surface area contributed by atoms with Gasteiger partial charge in [0.2, 0.25) is 0 Å². The number of nitrogens with one attached hydrogen (secondary N) is 3. The van der Waals surface area contributed by atoms with Gasteiger partial charge in [-0.05, 0) is 47.5 Å². The molecule has 0 saturated heterocycles. The van der Waals surface area contributed by atoms with E-state index in [2.05, 4.69) is 53.3 Å². The summed E-state index contributed by atoms with van der Waals surface area (Å²) in [5.41, 5.74) is 11.1. The van der Waals surface area contributed by atoms with Crippen molar-refractivity contribution in [3.63, 3.8) is 0 Å². The molecule has 0 aromatic heterocycles. The van der Waals surface area contributed by atoms with Crippen LogP contribution in [0.15, 0.2) is 22.6 Å². The van der Waals surface area contributed by atoms with Gasteiger partial charge in [0.15, 0.2) is 12.2 Å². The zero-order chi connectivity index (χ0) is 30.9. The maximum absolute atomic E-state index is 12.1. The Morgan fingerprint density at radius 1 is 0.800 bits per heavy atom. The van der Waals surface area contributed by atoms with Crippen LogP contribution < -0.4 is 27.4 Å². The minimum atomic E-state index is -2.10. The molecule has 0 fully saturated rings. The third kappa shape index (κ3) is 17.2. The highest BCUT2D eigenvalue weighted by atomic mass is 16.4. The van der Waals surface area contributed by atoms with Gasteiger partial charge in [0.25, 0.3) is 11.8 Å². The number of amidine groups is 2. The highest BCUT2D eigenvalue weighted by Gasteiger charge is 2.38. The fourth-order valence-electron chi connectivity index (χ4n) is 3.36. The van der Waals surface area contributed by atoms with Gasteiger partial charge >= 0.3 is 0 Å². The maximum atomic E-state index is 12.1. The van der Waals surface area contributed by atoms with Crippen molar-refractivity contribution in [1.82, 2.24) is 16.0 Å². The Hall–Kier alpha value is -2.58. The Bertz CT molecular complexity index is 842. The van der Waals surface area contributed by atoms with Crippen molar-refractivity contribution in [1.29, 1.82) is 0 Å². The predicted octanol–water partition coefficient (Wildman–Crippen LogP) is -0.930. The van der Waals surface area contributed by atoms with Gasteiger partial charge in [-0.15, -0.1) is 6.58 Å². The fourth-order valence-corrected chi connectivity index (χ4v) is 3.36. The van der Waals surface area contributed by atoms with Crippen LogP contribution in [0.25, 0.3) is 0 Å². The summed E-state index contributed by atoms with van der Waals surface area (Å²) < 4.78 is 0. The second kappa shape index (κ2) is 18.7. The van der Waals surface area contributed by atoms with E-state index in [1.165, 1.54) is 6.08 Å². The molecule has 13 nitrogen and oxygen atoms in total. The monoisotopic (exact) mass is 571 g/mol. The van der Waals surface area contributed by atoms with Gasteiger partial charge in [0.05, 0.1) is 30.3 Å². The lowest BCUT2D eigenvalue weighted by Crippen LogP contribution is -2.56. The number of nitrogens with zero attached hydrogens (tertiary/aromatic N) is 2. The lowest BCUT2D eigenvalue weighted by molar-refractivity contribution is -0.156. The molecule has 0 aromatic carbocycles. The van der Waals surface area contributed by atoms with Crippen LogP contribution in [-0.4, -0.2) is 106 Å². The molecule has 0 bridgehead atoms. The molecule has 0 aliphatic carbocycles. The van der Waals surface area contributed by atoms with E-state index < -0.39 is 41.8 Å². The third-order valence-corrected chi connectivity index (χ3v) is 5.91. The summed E-state index contributed by atoms with van der Waals surface area (Å²) in [6.07, 6.45) is -1.81. The smallest absolute Gasteiger partial charge is 0.252 e. The molecule has 2 amide bonds. The molecule has 0 aromatic rings. The van der Waals surface area contributed by atoms with Crippen molar-refractivity contribution >= 4 is 23.5 Å². The Kier molecular flexibility index (Phi) is 17.5. The van der Waals surface area contributed by atoms with Crippen molar-refractivity contribution < 1.29 is 30.0 Å². The molecule has 4 unspecified atom stereocenters. The normalized spacial score (nSPS) is 16.1. The minimum absolute atomic E-state index is 0.0276. The van der Waals surface area contributed by atoms with Crippen molar-refractivity contribution in [2.45, 2.75) is 109 Å². The molecule has 0 rings (SSSR count). The minimum Gasteiger partial charge on any atom is -0.387 e. The number of hydrogen-bond acceptors (Lipinski definition) is 9. The van der Waals surface area contributed by atoms with E-state index in [0.717, 1.165) is 38.6 Å². The Morgan fingerprint density at radius 2 is 1.25 bits per heavy atom. The summed E-state index contributed by atoms with van der Waals surface area (Å²) in [5.74, 6) is -0.881. The number of aliphatic imine (C=N–C) groups is 2. The SMILES string of the molecule is C=CC(C)(C)NC(=O)C(O)C(O)C(O)C(O)C(=O)NCCN=C(N)CCCCCCC(N)=NCCNC(C)(C)C.